The van der Waals surface area contributed by atoms with Crippen molar-refractivity contribution in [2.75, 3.05) is 13.1 Å². The fraction of sp³-hybridized carbons (Fsp3) is 0.368. The van der Waals surface area contributed by atoms with Gasteiger partial charge in [-0.1, -0.05) is 6.07 Å². The van der Waals surface area contributed by atoms with Gasteiger partial charge < -0.3 is 5.32 Å². The Balaban J connectivity index is 1.73. The Morgan fingerprint density at radius 1 is 1.25 bits per heavy atom. The smallest absolute Gasteiger partial charge is 0.251 e. The molecule has 2 aromatic rings. The highest BCUT2D eigenvalue weighted by Gasteiger charge is 2.30. The van der Waals surface area contributed by atoms with Gasteiger partial charge in [0, 0.05) is 16.5 Å². The quantitative estimate of drug-likeness (QED) is 0.906. The lowest BCUT2D eigenvalue weighted by molar-refractivity contribution is 0.0908. The second-order valence-corrected chi connectivity index (χ2v) is 7.13. The Labute approximate surface area is 146 Å². The van der Waals surface area contributed by atoms with Gasteiger partial charge in [0.25, 0.3) is 5.91 Å². The van der Waals surface area contributed by atoms with Crippen LogP contribution in [0.2, 0.25) is 0 Å². The number of carbonyl (C=O) groups excluding carboxylic acids is 1. The summed E-state index contributed by atoms with van der Waals surface area (Å²) >= 11 is 1.75. The Morgan fingerprint density at radius 2 is 1.96 bits per heavy atom. The number of thiophene rings is 1. The number of nitrogens with one attached hydrogen (secondary N) is 1. The number of amides is 1. The van der Waals surface area contributed by atoms with Gasteiger partial charge in [0.15, 0.2) is 0 Å². The van der Waals surface area contributed by atoms with Crippen molar-refractivity contribution in [1.82, 2.24) is 10.2 Å². The largest absolute Gasteiger partial charge is 0.348 e. The first kappa shape index (κ1) is 16.7. The van der Waals surface area contributed by atoms with Crippen molar-refractivity contribution in [1.29, 1.82) is 5.26 Å². The summed E-state index contributed by atoms with van der Waals surface area (Å²) in [5.41, 5.74) is 1.15. The summed E-state index contributed by atoms with van der Waals surface area (Å²) in [6, 6.07) is 13.3. The van der Waals surface area contributed by atoms with E-state index in [-0.39, 0.29) is 18.0 Å². The van der Waals surface area contributed by atoms with E-state index >= 15 is 0 Å². The topological polar surface area (TPSA) is 56.1 Å². The molecule has 4 nitrogen and oxygen atoms in total. The molecule has 0 bridgehead atoms. The maximum atomic E-state index is 12.5. The number of hydrogen-bond donors (Lipinski definition) is 1. The zero-order valence-electron chi connectivity index (χ0n) is 13.7. The van der Waals surface area contributed by atoms with Crippen LogP contribution in [0.5, 0.6) is 0 Å². The van der Waals surface area contributed by atoms with Crippen molar-refractivity contribution in [2.24, 2.45) is 0 Å². The van der Waals surface area contributed by atoms with Crippen molar-refractivity contribution in [3.8, 4) is 6.07 Å². The Bertz CT molecular complexity index is 712. The summed E-state index contributed by atoms with van der Waals surface area (Å²) < 4.78 is 0. The third-order valence-corrected chi connectivity index (χ3v) is 5.42. The number of hydrogen-bond acceptors (Lipinski definition) is 4. The van der Waals surface area contributed by atoms with Gasteiger partial charge in [0.05, 0.1) is 17.7 Å². The molecule has 24 heavy (non-hydrogen) atoms. The molecule has 0 aliphatic carbocycles. The summed E-state index contributed by atoms with van der Waals surface area (Å²) in [7, 11) is 0. The fourth-order valence-electron chi connectivity index (χ4n) is 3.29. The first-order valence-corrected chi connectivity index (χ1v) is 9.15. The summed E-state index contributed by atoms with van der Waals surface area (Å²) in [6.45, 7) is 4.24. The molecular weight excluding hydrogens is 318 g/mol. The summed E-state index contributed by atoms with van der Waals surface area (Å²) in [5.74, 6) is -0.0901. The molecule has 1 N–H and O–H groups in total. The van der Waals surface area contributed by atoms with Crippen molar-refractivity contribution in [3.05, 3.63) is 57.8 Å². The number of nitriles is 1. The van der Waals surface area contributed by atoms with Crippen LogP contribution in [0.4, 0.5) is 0 Å². The molecule has 124 valence electrons. The Morgan fingerprint density at radius 3 is 2.54 bits per heavy atom. The van der Waals surface area contributed by atoms with E-state index in [2.05, 4.69) is 40.7 Å². The molecule has 0 radical (unpaired) electrons. The molecule has 1 aliphatic rings. The third-order valence-electron chi connectivity index (χ3n) is 4.48. The van der Waals surface area contributed by atoms with Gasteiger partial charge in [0.1, 0.15) is 0 Å². The van der Waals surface area contributed by atoms with E-state index in [9.17, 15) is 4.79 Å². The van der Waals surface area contributed by atoms with Gasteiger partial charge in [-0.2, -0.15) is 5.26 Å². The standard InChI is InChI=1S/C19H21N3OS/c1-14(21-19(23)16-8-6-15(13-20)7-9-16)18(17-5-4-12-24-17)22-10-2-3-11-22/h4-9,12,14,18H,2-3,10-11H2,1H3,(H,21,23)/t14-,18-/m1/s1. The van der Waals surface area contributed by atoms with Crippen LogP contribution in [0.15, 0.2) is 41.8 Å². The third kappa shape index (κ3) is 3.66. The molecule has 1 aliphatic heterocycles. The van der Waals surface area contributed by atoms with E-state index in [1.165, 1.54) is 17.7 Å². The second-order valence-electron chi connectivity index (χ2n) is 6.15. The van der Waals surface area contributed by atoms with Gasteiger partial charge in [-0.25, -0.2) is 0 Å². The minimum absolute atomic E-state index is 0.0184. The first-order valence-electron chi connectivity index (χ1n) is 8.27. The molecule has 0 spiro atoms. The van der Waals surface area contributed by atoms with E-state index in [0.29, 0.717) is 11.1 Å². The second kappa shape index (κ2) is 7.61. The summed E-state index contributed by atoms with van der Waals surface area (Å²) in [6.07, 6.45) is 2.44. The SMILES string of the molecule is C[C@@H](NC(=O)c1ccc(C#N)cc1)[C@H](c1cccs1)N1CCCC1. The predicted octanol–water partition coefficient (Wildman–Crippen LogP) is 3.58. The lowest BCUT2D eigenvalue weighted by Gasteiger charge is -2.32. The van der Waals surface area contributed by atoms with Crippen LogP contribution in [-0.4, -0.2) is 29.9 Å². The fourth-order valence-corrected chi connectivity index (χ4v) is 4.25. The average molecular weight is 339 g/mol. The highest BCUT2D eigenvalue weighted by atomic mass is 32.1. The van der Waals surface area contributed by atoms with Crippen LogP contribution in [0.3, 0.4) is 0 Å². The molecule has 5 heteroatoms. The Hall–Kier alpha value is -2.16. The van der Waals surface area contributed by atoms with Crippen molar-refractivity contribution in [2.45, 2.75) is 31.8 Å². The molecular formula is C19H21N3OS. The molecule has 0 saturated carbocycles. The van der Waals surface area contributed by atoms with Crippen LogP contribution in [0.25, 0.3) is 0 Å². The lowest BCUT2D eigenvalue weighted by atomic mass is 10.1. The normalized spacial score (nSPS) is 17.2. The van der Waals surface area contributed by atoms with Gasteiger partial charge >= 0.3 is 0 Å². The molecule has 1 saturated heterocycles. The predicted molar refractivity (Wildman–Crippen MR) is 96.0 cm³/mol. The van der Waals surface area contributed by atoms with Crippen LogP contribution in [0.1, 0.15) is 46.6 Å². The molecule has 1 amide bonds. The Kier molecular flexibility index (Phi) is 5.29. The monoisotopic (exact) mass is 339 g/mol. The molecule has 2 atom stereocenters. The van der Waals surface area contributed by atoms with Crippen molar-refractivity contribution in [3.63, 3.8) is 0 Å². The van der Waals surface area contributed by atoms with E-state index in [0.717, 1.165) is 13.1 Å². The van der Waals surface area contributed by atoms with Gasteiger partial charge in [-0.15, -0.1) is 11.3 Å². The zero-order chi connectivity index (χ0) is 16.9. The minimum Gasteiger partial charge on any atom is -0.348 e. The molecule has 3 rings (SSSR count). The van der Waals surface area contributed by atoms with E-state index in [1.54, 1.807) is 35.6 Å². The number of likely N-dealkylation sites (tertiary alicyclic amines) is 1. The van der Waals surface area contributed by atoms with Crippen molar-refractivity contribution >= 4 is 17.2 Å². The van der Waals surface area contributed by atoms with Crippen LogP contribution < -0.4 is 5.32 Å². The van der Waals surface area contributed by atoms with Crippen molar-refractivity contribution < 1.29 is 4.79 Å². The lowest BCUT2D eigenvalue weighted by Crippen LogP contribution is -2.43. The van der Waals surface area contributed by atoms with Crippen LogP contribution in [0, 0.1) is 11.3 Å². The number of carbonyl (C=O) groups is 1. The highest BCUT2D eigenvalue weighted by Crippen LogP contribution is 2.31. The first-order chi connectivity index (χ1) is 11.7. The molecule has 1 fully saturated rings. The minimum atomic E-state index is -0.0901. The number of benzene rings is 1. The number of nitrogens with zero attached hydrogens (tertiary/aromatic N) is 2. The average Bonchev–Trinajstić information content (AvgIpc) is 3.29. The van der Waals surface area contributed by atoms with Gasteiger partial charge in [-0.3, -0.25) is 9.69 Å². The maximum Gasteiger partial charge on any atom is 0.251 e. The number of rotatable bonds is 5. The zero-order valence-corrected chi connectivity index (χ0v) is 14.6. The molecule has 0 unspecified atom stereocenters. The van der Waals surface area contributed by atoms with E-state index in [4.69, 9.17) is 5.26 Å². The van der Waals surface area contributed by atoms with Crippen LogP contribution in [-0.2, 0) is 0 Å². The molecule has 1 aromatic heterocycles. The summed E-state index contributed by atoms with van der Waals surface area (Å²) in [5, 5.41) is 14.1. The van der Waals surface area contributed by atoms with E-state index < -0.39 is 0 Å². The highest BCUT2D eigenvalue weighted by molar-refractivity contribution is 7.10. The van der Waals surface area contributed by atoms with E-state index in [1.807, 2.05) is 0 Å². The molecule has 1 aromatic carbocycles. The van der Waals surface area contributed by atoms with Gasteiger partial charge in [-0.05, 0) is 68.6 Å². The van der Waals surface area contributed by atoms with Gasteiger partial charge in [0.2, 0.25) is 0 Å². The van der Waals surface area contributed by atoms with Crippen LogP contribution >= 0.6 is 11.3 Å². The maximum absolute atomic E-state index is 12.5. The molecule has 2 heterocycles. The summed E-state index contributed by atoms with van der Waals surface area (Å²) in [4.78, 5) is 16.3.